The third-order valence-electron chi connectivity index (χ3n) is 3.00. The van der Waals surface area contributed by atoms with Gasteiger partial charge in [0.05, 0.1) is 0 Å². The Labute approximate surface area is 94.0 Å². The molecule has 0 fully saturated rings. The first-order valence-corrected chi connectivity index (χ1v) is 6.06. The lowest BCUT2D eigenvalue weighted by atomic mass is 9.80. The second kappa shape index (κ2) is 6.60. The predicted octanol–water partition coefficient (Wildman–Crippen LogP) is 4.16. The summed E-state index contributed by atoms with van der Waals surface area (Å²) < 4.78 is 0. The van der Waals surface area contributed by atoms with Crippen LogP contribution in [-0.4, -0.2) is 12.8 Å². The Morgan fingerprint density at radius 2 is 2.27 bits per heavy atom. The van der Waals surface area contributed by atoms with E-state index in [1.165, 1.54) is 32.1 Å². The maximum Gasteiger partial charge on any atom is 0.0385 e. The highest BCUT2D eigenvalue weighted by molar-refractivity contribution is 5.65. The van der Waals surface area contributed by atoms with E-state index in [4.69, 9.17) is 0 Å². The smallest absolute Gasteiger partial charge is 0.0385 e. The maximum absolute atomic E-state index is 4.40. The van der Waals surface area contributed by atoms with Gasteiger partial charge in [-0.05, 0) is 39.0 Å². The van der Waals surface area contributed by atoms with Crippen molar-refractivity contribution < 1.29 is 0 Å². The molecule has 84 valence electrons. The van der Waals surface area contributed by atoms with E-state index in [0.717, 1.165) is 6.54 Å². The normalized spacial score (nSPS) is 26.8. The van der Waals surface area contributed by atoms with E-state index in [0.29, 0.717) is 5.41 Å². The number of nitrogens with zero attached hydrogens (tertiary/aromatic N) is 1. The minimum Gasteiger partial charge on any atom is -0.297 e. The van der Waals surface area contributed by atoms with Crippen LogP contribution in [-0.2, 0) is 0 Å². The largest absolute Gasteiger partial charge is 0.297 e. The summed E-state index contributed by atoms with van der Waals surface area (Å²) in [5.74, 6) is 0. The lowest BCUT2D eigenvalue weighted by molar-refractivity contribution is 0.370. The van der Waals surface area contributed by atoms with Crippen molar-refractivity contribution in [3.8, 4) is 0 Å². The van der Waals surface area contributed by atoms with Gasteiger partial charge in [0.15, 0.2) is 0 Å². The van der Waals surface area contributed by atoms with Gasteiger partial charge in [0.25, 0.3) is 0 Å². The summed E-state index contributed by atoms with van der Waals surface area (Å²) in [5, 5.41) is 0. The van der Waals surface area contributed by atoms with Crippen molar-refractivity contribution in [2.45, 2.75) is 46.0 Å². The van der Waals surface area contributed by atoms with Gasteiger partial charge in [-0.2, -0.15) is 0 Å². The van der Waals surface area contributed by atoms with Gasteiger partial charge < -0.3 is 0 Å². The minimum absolute atomic E-state index is 0.382. The number of unbranched alkanes of at least 4 members (excludes halogenated alkanes) is 1. The van der Waals surface area contributed by atoms with Crippen molar-refractivity contribution in [1.82, 2.24) is 0 Å². The van der Waals surface area contributed by atoms with Crippen LogP contribution in [0.2, 0.25) is 0 Å². The Morgan fingerprint density at radius 1 is 1.40 bits per heavy atom. The lowest BCUT2D eigenvalue weighted by Crippen LogP contribution is -2.21. The summed E-state index contributed by atoms with van der Waals surface area (Å²) in [6, 6.07) is 0. The molecule has 0 aromatic carbocycles. The second-order valence-electron chi connectivity index (χ2n) is 4.64. The number of hydrogen-bond donors (Lipinski definition) is 0. The van der Waals surface area contributed by atoms with E-state index in [2.05, 4.69) is 42.4 Å². The number of hydrogen-bond acceptors (Lipinski definition) is 1. The quantitative estimate of drug-likeness (QED) is 0.472. The standard InChI is InChI=1S/C14H23N/c1-3-4-5-6-7-8-10-14(2)11-9-12-15-13-14/h3-6,13H,7-12H2,1-2H3/b4-3+,6-5+. The van der Waals surface area contributed by atoms with E-state index in [1.807, 2.05) is 6.92 Å². The first kappa shape index (κ1) is 12.2. The van der Waals surface area contributed by atoms with Crippen LogP contribution >= 0.6 is 0 Å². The highest BCUT2D eigenvalue weighted by Crippen LogP contribution is 2.30. The van der Waals surface area contributed by atoms with Crippen LogP contribution in [0, 0.1) is 5.41 Å². The lowest BCUT2D eigenvalue weighted by Gasteiger charge is -2.27. The summed E-state index contributed by atoms with van der Waals surface area (Å²) in [5.41, 5.74) is 0.382. The van der Waals surface area contributed by atoms with E-state index < -0.39 is 0 Å². The van der Waals surface area contributed by atoms with Crippen LogP contribution in [0.15, 0.2) is 29.3 Å². The molecule has 1 nitrogen and oxygen atoms in total. The Balaban J connectivity index is 2.19. The molecule has 1 unspecified atom stereocenters. The number of aliphatic imine (C=N–C) groups is 1. The van der Waals surface area contributed by atoms with Crippen LogP contribution in [0.5, 0.6) is 0 Å². The van der Waals surface area contributed by atoms with Gasteiger partial charge in [0.1, 0.15) is 0 Å². The zero-order chi connectivity index (χ0) is 11.0. The van der Waals surface area contributed by atoms with Crippen LogP contribution in [0.25, 0.3) is 0 Å². The van der Waals surface area contributed by atoms with Gasteiger partial charge in [-0.1, -0.05) is 31.2 Å². The van der Waals surface area contributed by atoms with Crippen LogP contribution < -0.4 is 0 Å². The molecule has 0 aliphatic carbocycles. The van der Waals surface area contributed by atoms with Crippen molar-refractivity contribution >= 4 is 6.21 Å². The molecular formula is C14H23N. The maximum atomic E-state index is 4.40. The van der Waals surface area contributed by atoms with Crippen LogP contribution in [0.1, 0.15) is 46.0 Å². The molecular weight excluding hydrogens is 182 g/mol. The highest BCUT2D eigenvalue weighted by Gasteiger charge is 2.22. The Bertz CT molecular complexity index is 250. The third-order valence-corrected chi connectivity index (χ3v) is 3.00. The molecule has 1 rings (SSSR count). The third kappa shape index (κ3) is 4.96. The number of rotatable bonds is 5. The Hall–Kier alpha value is -0.850. The summed E-state index contributed by atoms with van der Waals surface area (Å²) in [6.07, 6.45) is 17.0. The van der Waals surface area contributed by atoms with Gasteiger partial charge >= 0.3 is 0 Å². The van der Waals surface area contributed by atoms with Crippen molar-refractivity contribution in [3.63, 3.8) is 0 Å². The molecule has 1 heterocycles. The molecule has 1 atom stereocenters. The summed E-state index contributed by atoms with van der Waals surface area (Å²) in [6.45, 7) is 5.42. The van der Waals surface area contributed by atoms with Gasteiger partial charge in [0, 0.05) is 18.2 Å². The molecule has 0 saturated carbocycles. The minimum atomic E-state index is 0.382. The monoisotopic (exact) mass is 205 g/mol. The van der Waals surface area contributed by atoms with Crippen LogP contribution in [0.3, 0.4) is 0 Å². The molecule has 0 N–H and O–H groups in total. The van der Waals surface area contributed by atoms with E-state index in [-0.39, 0.29) is 0 Å². The van der Waals surface area contributed by atoms with Gasteiger partial charge in [-0.15, -0.1) is 0 Å². The molecule has 1 aliphatic rings. The molecule has 0 spiro atoms. The molecule has 0 bridgehead atoms. The first-order valence-electron chi connectivity index (χ1n) is 6.06. The van der Waals surface area contributed by atoms with Crippen molar-refractivity contribution in [2.24, 2.45) is 10.4 Å². The fourth-order valence-corrected chi connectivity index (χ4v) is 2.02. The topological polar surface area (TPSA) is 12.4 Å². The highest BCUT2D eigenvalue weighted by atomic mass is 14.7. The SMILES string of the molecule is C/C=C/C=C/CCCC1(C)C=NCCC1. The molecule has 0 aromatic heterocycles. The molecule has 1 aliphatic heterocycles. The van der Waals surface area contributed by atoms with Gasteiger partial charge in [-0.25, -0.2) is 0 Å². The van der Waals surface area contributed by atoms with Gasteiger partial charge in [-0.3, -0.25) is 4.99 Å². The van der Waals surface area contributed by atoms with Crippen molar-refractivity contribution in [2.75, 3.05) is 6.54 Å². The molecule has 15 heavy (non-hydrogen) atoms. The fraction of sp³-hybridized carbons (Fsp3) is 0.643. The average molecular weight is 205 g/mol. The molecule has 0 amide bonds. The fourth-order valence-electron chi connectivity index (χ4n) is 2.02. The van der Waals surface area contributed by atoms with Crippen molar-refractivity contribution in [1.29, 1.82) is 0 Å². The zero-order valence-corrected chi connectivity index (χ0v) is 10.1. The predicted molar refractivity (Wildman–Crippen MR) is 68.5 cm³/mol. The van der Waals surface area contributed by atoms with Crippen molar-refractivity contribution in [3.05, 3.63) is 24.3 Å². The molecule has 0 saturated heterocycles. The average Bonchev–Trinajstić information content (AvgIpc) is 2.24. The van der Waals surface area contributed by atoms with Crippen LogP contribution in [0.4, 0.5) is 0 Å². The van der Waals surface area contributed by atoms with E-state index >= 15 is 0 Å². The zero-order valence-electron chi connectivity index (χ0n) is 10.1. The molecule has 0 aromatic rings. The molecule has 1 heteroatoms. The summed E-state index contributed by atoms with van der Waals surface area (Å²) in [4.78, 5) is 4.40. The summed E-state index contributed by atoms with van der Waals surface area (Å²) in [7, 11) is 0. The molecule has 0 radical (unpaired) electrons. The second-order valence-corrected chi connectivity index (χ2v) is 4.64. The Morgan fingerprint density at radius 3 is 2.93 bits per heavy atom. The van der Waals surface area contributed by atoms with Gasteiger partial charge in [0.2, 0.25) is 0 Å². The van der Waals surface area contributed by atoms with E-state index in [9.17, 15) is 0 Å². The number of allylic oxidation sites excluding steroid dienone is 4. The Kier molecular flexibility index (Phi) is 5.38. The van der Waals surface area contributed by atoms with E-state index in [1.54, 1.807) is 0 Å². The first-order chi connectivity index (χ1) is 7.27. The summed E-state index contributed by atoms with van der Waals surface area (Å²) >= 11 is 0.